The number of carbonyl (C=O) groups excluding carboxylic acids is 1. The van der Waals surface area contributed by atoms with Gasteiger partial charge in [0.25, 0.3) is 0 Å². The van der Waals surface area contributed by atoms with Crippen molar-refractivity contribution in [2.24, 2.45) is 0 Å². The molecular weight excluding hydrogens is 937 g/mol. The second-order valence-corrected chi connectivity index (χ2v) is 14.7. The van der Waals surface area contributed by atoms with Gasteiger partial charge in [-0.05, 0) is 24.3 Å². The fourth-order valence-electron chi connectivity index (χ4n) is 8.05. The van der Waals surface area contributed by atoms with E-state index in [9.17, 15) is 57.5 Å². The van der Waals surface area contributed by atoms with Crippen LogP contribution >= 0.6 is 0 Å². The van der Waals surface area contributed by atoms with Crippen molar-refractivity contribution < 1.29 is 97.2 Å². The molecule has 7 rings (SSSR count). The smallest absolute Gasteiger partial charge is 0.227 e. The molecule has 0 aliphatic heterocycles. The minimum atomic E-state index is -7.22. The number of hydrogen-bond acceptors (Lipinski definition) is 1. The van der Waals surface area contributed by atoms with Crippen molar-refractivity contribution in [3.05, 3.63) is 182 Å². The Morgan fingerprint density at radius 1 is 0.394 bits per heavy atom. The number of hydrogen-bond donors (Lipinski definition) is 0. The first-order chi connectivity index (χ1) is 31.0. The number of aromatic nitrogens is 1. The normalized spacial score (nSPS) is 13.2. The van der Waals surface area contributed by atoms with Gasteiger partial charge in [-0.3, -0.25) is 4.79 Å². The highest BCUT2D eigenvalue weighted by molar-refractivity contribution is 7.20. The molecule has 1 saturated carbocycles. The Morgan fingerprint density at radius 3 is 0.955 bits per heavy atom. The summed E-state index contributed by atoms with van der Waals surface area (Å²) in [6.07, 6.45) is 3.29. The first-order valence-corrected chi connectivity index (χ1v) is 18.8. The molecule has 0 atom stereocenters. The van der Waals surface area contributed by atoms with Crippen molar-refractivity contribution in [3.8, 4) is 0 Å². The SMILES string of the molecule is Fc1c(F)c(F)c([B-](c2c(F)c(F)c(F)c(F)c2F)(c2c(F)c(F)c(F)c(F)c2F)c2c(F)c(F)c(F)c(F)c2F)c(F)c1F.O=C(C[n+]1ccccc1)c1ccc(C2CCCCC2)cc1. The highest BCUT2D eigenvalue weighted by atomic mass is 19.2. The van der Waals surface area contributed by atoms with Crippen LogP contribution in [0.4, 0.5) is 87.8 Å². The highest BCUT2D eigenvalue weighted by Gasteiger charge is 2.52. The van der Waals surface area contributed by atoms with Crippen LogP contribution in [-0.2, 0) is 6.54 Å². The third-order valence-electron chi connectivity index (χ3n) is 11.1. The summed E-state index contributed by atoms with van der Waals surface area (Å²) in [5.41, 5.74) is -12.1. The zero-order chi connectivity index (χ0) is 48.8. The van der Waals surface area contributed by atoms with E-state index < -0.39 is 144 Å². The molecule has 0 unspecified atom stereocenters. The molecule has 1 heterocycles. The van der Waals surface area contributed by atoms with Gasteiger partial charge < -0.3 is 0 Å². The number of pyridine rings is 1. The minimum absolute atomic E-state index is 0.168. The van der Waals surface area contributed by atoms with Gasteiger partial charge in [0.15, 0.2) is 82.2 Å². The lowest BCUT2D eigenvalue weighted by Gasteiger charge is -2.44. The molecule has 1 aliphatic rings. The zero-order valence-corrected chi connectivity index (χ0v) is 32.5. The van der Waals surface area contributed by atoms with E-state index in [0.717, 1.165) is 5.56 Å². The Hall–Kier alpha value is -6.42. The molecule has 6 aromatic rings. The summed E-state index contributed by atoms with van der Waals surface area (Å²) in [7, 11) is 0. The molecule has 1 fully saturated rings. The number of nitrogens with zero attached hydrogens (tertiary/aromatic N) is 1. The summed E-state index contributed by atoms with van der Waals surface area (Å²) < 4.78 is 296. The lowest BCUT2D eigenvalue weighted by atomic mass is 9.12. The molecule has 0 amide bonds. The van der Waals surface area contributed by atoms with E-state index in [2.05, 4.69) is 12.1 Å². The summed E-state index contributed by atoms with van der Waals surface area (Å²) in [6, 6.07) is 14.1. The Balaban J connectivity index is 0.000000284. The van der Waals surface area contributed by atoms with Gasteiger partial charge >= 0.3 is 0 Å². The van der Waals surface area contributed by atoms with E-state index in [-0.39, 0.29) is 5.78 Å². The molecule has 0 bridgehead atoms. The second kappa shape index (κ2) is 18.8. The van der Waals surface area contributed by atoms with Crippen molar-refractivity contribution in [2.45, 2.75) is 44.6 Å². The average molecular weight is 959 g/mol. The van der Waals surface area contributed by atoms with E-state index in [1.54, 1.807) is 0 Å². The maximum absolute atomic E-state index is 15.4. The summed E-state index contributed by atoms with van der Waals surface area (Å²) in [5, 5.41) is 0. The van der Waals surface area contributed by atoms with Crippen LogP contribution in [0, 0.1) is 116 Å². The van der Waals surface area contributed by atoms with Crippen LogP contribution in [0.5, 0.6) is 0 Å². The quantitative estimate of drug-likeness (QED) is 0.0372. The van der Waals surface area contributed by atoms with E-state index >= 15 is 35.1 Å². The lowest BCUT2D eigenvalue weighted by Crippen LogP contribution is -2.81. The van der Waals surface area contributed by atoms with Crippen molar-refractivity contribution in [1.29, 1.82) is 0 Å². The predicted molar refractivity (Wildman–Crippen MR) is 192 cm³/mol. The van der Waals surface area contributed by atoms with Gasteiger partial charge in [-0.2, -0.15) is 4.57 Å². The largest absolute Gasteiger partial charge is 0.287 e. The predicted octanol–water partition coefficient (Wildman–Crippen LogP) is 9.75. The summed E-state index contributed by atoms with van der Waals surface area (Å²) in [4.78, 5) is 12.3. The van der Waals surface area contributed by atoms with Crippen molar-refractivity contribution in [3.63, 3.8) is 0 Å². The Labute approximate surface area is 357 Å². The second-order valence-electron chi connectivity index (χ2n) is 14.7. The molecule has 0 spiro atoms. The van der Waals surface area contributed by atoms with E-state index in [1.165, 1.54) is 37.7 Å². The Bertz CT molecular complexity index is 2510. The molecule has 1 aliphatic carbocycles. The monoisotopic (exact) mass is 959 g/mol. The lowest BCUT2D eigenvalue weighted by molar-refractivity contribution is -0.683. The first kappa shape index (κ1) is 49.0. The fraction of sp³-hybridized carbons (Fsp3) is 0.163. The van der Waals surface area contributed by atoms with E-state index in [4.69, 9.17) is 0 Å². The average Bonchev–Trinajstić information content (AvgIpc) is 3.32. The summed E-state index contributed by atoms with van der Waals surface area (Å²) in [5.74, 6) is -70.5. The topological polar surface area (TPSA) is 20.9 Å². The van der Waals surface area contributed by atoms with E-state index in [0.29, 0.717) is 12.5 Å². The highest BCUT2D eigenvalue weighted by Crippen LogP contribution is 2.33. The van der Waals surface area contributed by atoms with Crippen molar-refractivity contribution in [2.75, 3.05) is 0 Å². The first-order valence-electron chi connectivity index (χ1n) is 18.8. The number of ketones is 1. The fourth-order valence-corrected chi connectivity index (χ4v) is 8.05. The third-order valence-corrected chi connectivity index (χ3v) is 11.1. The molecule has 5 aromatic carbocycles. The maximum atomic E-state index is 15.4. The Kier molecular flexibility index (Phi) is 14.0. The van der Waals surface area contributed by atoms with Crippen LogP contribution < -0.4 is 26.4 Å². The van der Waals surface area contributed by atoms with Crippen molar-refractivity contribution >= 4 is 33.8 Å². The Morgan fingerprint density at radius 2 is 0.667 bits per heavy atom. The molecule has 66 heavy (non-hydrogen) atoms. The maximum Gasteiger partial charge on any atom is 0.227 e. The number of rotatable bonds is 8. The molecule has 0 radical (unpaired) electrons. The molecular formula is C43H22BF20NO. The number of Topliss-reactive ketones (excluding diaryl/α,β-unsaturated/α-hetero) is 1. The van der Waals surface area contributed by atoms with Gasteiger partial charge in [-0.25, -0.2) is 87.8 Å². The number of halogens is 20. The zero-order valence-electron chi connectivity index (χ0n) is 32.5. The van der Waals surface area contributed by atoms with Gasteiger partial charge in [0.2, 0.25) is 12.3 Å². The summed E-state index contributed by atoms with van der Waals surface area (Å²) in [6.45, 7) is 0.406. The van der Waals surface area contributed by atoms with Gasteiger partial charge in [0.1, 0.15) is 52.7 Å². The van der Waals surface area contributed by atoms with Gasteiger partial charge in [-0.15, -0.1) is 21.9 Å². The molecule has 2 nitrogen and oxygen atoms in total. The van der Waals surface area contributed by atoms with Crippen LogP contribution in [0.2, 0.25) is 0 Å². The molecule has 348 valence electrons. The molecule has 23 heteroatoms. The van der Waals surface area contributed by atoms with Crippen LogP contribution in [0.3, 0.4) is 0 Å². The van der Waals surface area contributed by atoms with Crippen LogP contribution in [0.25, 0.3) is 0 Å². The third kappa shape index (κ3) is 8.02. The van der Waals surface area contributed by atoms with Gasteiger partial charge in [-0.1, -0.05) is 49.6 Å². The van der Waals surface area contributed by atoms with Crippen LogP contribution in [0.15, 0.2) is 54.9 Å². The van der Waals surface area contributed by atoms with Crippen LogP contribution in [-0.4, -0.2) is 11.9 Å². The van der Waals surface area contributed by atoms with Crippen molar-refractivity contribution in [1.82, 2.24) is 0 Å². The minimum Gasteiger partial charge on any atom is -0.287 e. The van der Waals surface area contributed by atoms with Gasteiger partial charge in [0.05, 0.1) is 0 Å². The number of benzene rings is 5. The molecule has 1 aromatic heterocycles. The number of carbonyl (C=O) groups is 1. The standard InChI is InChI=1S/C24BF20.C19H22NO/c26-5-1(6(27)14(35)21(42)13(5)34)25(2-7(28)15(36)22(43)16(37)8(2)29,3-9(30)17(38)23(44)18(39)10(3)31)4-11(32)19(40)24(45)20(41)12(4)33;21-19(15-20-13-5-2-6-14-20)18-11-9-17(10-12-18)16-7-3-1-4-8-16/h;2,5-6,9-14,16H,1,3-4,7-8,15H2/q-1;+1. The van der Waals surface area contributed by atoms with Crippen LogP contribution in [0.1, 0.15) is 53.9 Å². The molecule has 0 saturated heterocycles. The van der Waals surface area contributed by atoms with Gasteiger partial charge in [0, 0.05) is 17.7 Å². The molecule has 0 N–H and O–H groups in total. The van der Waals surface area contributed by atoms with E-state index in [1.807, 2.05) is 47.3 Å². The summed E-state index contributed by atoms with van der Waals surface area (Å²) >= 11 is 0.